The number of ether oxygens (including phenoxy) is 3. The summed E-state index contributed by atoms with van der Waals surface area (Å²) in [6.45, 7) is 3.15. The lowest BCUT2D eigenvalue weighted by molar-refractivity contribution is -0.112. The van der Waals surface area contributed by atoms with Gasteiger partial charge in [0.15, 0.2) is 11.5 Å². The number of carbonyl (C=O) groups is 1. The van der Waals surface area contributed by atoms with Crippen LogP contribution in [0.25, 0.3) is 16.8 Å². The van der Waals surface area contributed by atoms with Crippen LogP contribution in [0.4, 0.5) is 5.69 Å². The summed E-state index contributed by atoms with van der Waals surface area (Å²) in [5.74, 6) is 1.29. The molecule has 0 aromatic heterocycles. The van der Waals surface area contributed by atoms with Crippen LogP contribution in [0.5, 0.6) is 17.2 Å². The molecule has 6 nitrogen and oxygen atoms in total. The lowest BCUT2D eigenvalue weighted by atomic mass is 10.1. The molecular weight excluding hydrogens is 524 g/mol. The number of benzene rings is 5. The van der Waals surface area contributed by atoms with Gasteiger partial charge in [-0.3, -0.25) is 4.79 Å². The number of hydrogen-bond donors (Lipinski definition) is 1. The van der Waals surface area contributed by atoms with Crippen molar-refractivity contribution in [1.29, 1.82) is 5.26 Å². The van der Waals surface area contributed by atoms with Gasteiger partial charge >= 0.3 is 0 Å². The average molecular weight is 555 g/mol. The van der Waals surface area contributed by atoms with Crippen LogP contribution in [0.2, 0.25) is 0 Å². The van der Waals surface area contributed by atoms with E-state index < -0.39 is 5.91 Å². The van der Waals surface area contributed by atoms with Crippen molar-refractivity contribution in [3.8, 4) is 23.3 Å². The number of amides is 1. The van der Waals surface area contributed by atoms with Crippen LogP contribution in [-0.2, 0) is 18.0 Å². The summed E-state index contributed by atoms with van der Waals surface area (Å²) in [5.41, 5.74) is 3.30. The maximum absolute atomic E-state index is 12.9. The van der Waals surface area contributed by atoms with Crippen molar-refractivity contribution >= 4 is 28.4 Å². The Bertz CT molecular complexity index is 1730. The van der Waals surface area contributed by atoms with Gasteiger partial charge in [-0.05, 0) is 76.9 Å². The van der Waals surface area contributed by atoms with Crippen LogP contribution in [0, 0.1) is 11.3 Å². The Hall–Kier alpha value is -5.54. The molecule has 0 radical (unpaired) electrons. The Morgan fingerprint density at radius 1 is 0.786 bits per heavy atom. The first kappa shape index (κ1) is 28.0. The van der Waals surface area contributed by atoms with Crippen molar-refractivity contribution in [2.75, 3.05) is 11.9 Å². The highest BCUT2D eigenvalue weighted by Crippen LogP contribution is 2.31. The highest BCUT2D eigenvalue weighted by Gasteiger charge is 2.12. The minimum Gasteiger partial charge on any atom is -0.490 e. The van der Waals surface area contributed by atoms with Gasteiger partial charge in [0.05, 0.1) is 6.61 Å². The average Bonchev–Trinajstić information content (AvgIpc) is 3.03. The molecule has 0 aliphatic heterocycles. The number of rotatable bonds is 11. The zero-order chi connectivity index (χ0) is 29.1. The van der Waals surface area contributed by atoms with Gasteiger partial charge in [-0.25, -0.2) is 0 Å². The fourth-order valence-corrected chi connectivity index (χ4v) is 4.46. The third kappa shape index (κ3) is 7.15. The van der Waals surface area contributed by atoms with E-state index in [1.165, 1.54) is 6.08 Å². The SMILES string of the molecule is CCOc1cc(/C=C(\C#N)C(=O)Nc2ccc(OCc3ccccc3)cc2)ccc1OCc1cccc2ccccc12. The van der Waals surface area contributed by atoms with Crippen molar-refractivity contribution in [1.82, 2.24) is 0 Å². The van der Waals surface area contributed by atoms with Crippen LogP contribution in [-0.4, -0.2) is 12.5 Å². The molecule has 0 heterocycles. The smallest absolute Gasteiger partial charge is 0.266 e. The van der Waals surface area contributed by atoms with Gasteiger partial charge in [0.25, 0.3) is 5.91 Å². The molecule has 0 spiro atoms. The molecule has 0 aliphatic rings. The number of fused-ring (bicyclic) bond motifs is 1. The molecule has 42 heavy (non-hydrogen) atoms. The Balaban J connectivity index is 1.25. The van der Waals surface area contributed by atoms with E-state index in [4.69, 9.17) is 14.2 Å². The number of nitriles is 1. The van der Waals surface area contributed by atoms with E-state index in [1.807, 2.05) is 67.6 Å². The van der Waals surface area contributed by atoms with Crippen molar-refractivity contribution in [2.45, 2.75) is 20.1 Å². The van der Waals surface area contributed by atoms with E-state index in [9.17, 15) is 10.1 Å². The monoisotopic (exact) mass is 554 g/mol. The topological polar surface area (TPSA) is 80.6 Å². The van der Waals surface area contributed by atoms with Gasteiger partial charge in [0.2, 0.25) is 0 Å². The standard InChI is InChI=1S/C36H30N2O4/c1-2-40-35-22-27(15-20-34(35)42-25-29-13-8-12-28-11-6-7-14-33(28)29)21-30(23-37)36(39)38-31-16-18-32(19-17-31)41-24-26-9-4-3-5-10-26/h3-22H,2,24-25H2,1H3,(H,38,39)/b30-21+. The highest BCUT2D eigenvalue weighted by molar-refractivity contribution is 6.09. The van der Waals surface area contributed by atoms with Gasteiger partial charge in [0.1, 0.15) is 30.6 Å². The minimum absolute atomic E-state index is 0.0359. The van der Waals surface area contributed by atoms with E-state index in [-0.39, 0.29) is 5.57 Å². The number of nitrogens with zero attached hydrogens (tertiary/aromatic N) is 1. The summed E-state index contributed by atoms with van der Waals surface area (Å²) in [4.78, 5) is 12.9. The molecule has 0 saturated carbocycles. The van der Waals surface area contributed by atoms with Crippen LogP contribution in [0.15, 0.2) is 121 Å². The molecule has 0 saturated heterocycles. The maximum Gasteiger partial charge on any atom is 0.266 e. The Morgan fingerprint density at radius 2 is 1.55 bits per heavy atom. The number of carbonyl (C=O) groups excluding carboxylic acids is 1. The maximum atomic E-state index is 12.9. The summed E-state index contributed by atoms with van der Waals surface area (Å²) < 4.78 is 17.8. The fraction of sp³-hybridized carbons (Fsp3) is 0.111. The molecule has 0 fully saturated rings. The van der Waals surface area contributed by atoms with E-state index >= 15 is 0 Å². The van der Waals surface area contributed by atoms with Crippen molar-refractivity contribution < 1.29 is 19.0 Å². The fourth-order valence-electron chi connectivity index (χ4n) is 4.46. The highest BCUT2D eigenvalue weighted by atomic mass is 16.5. The Kier molecular flexibility index (Phi) is 9.13. The molecule has 0 aliphatic carbocycles. The number of hydrogen-bond acceptors (Lipinski definition) is 5. The first-order valence-corrected chi connectivity index (χ1v) is 13.7. The van der Waals surface area contributed by atoms with E-state index in [0.29, 0.717) is 48.3 Å². The third-order valence-electron chi connectivity index (χ3n) is 6.57. The molecule has 6 heteroatoms. The van der Waals surface area contributed by atoms with E-state index in [0.717, 1.165) is 21.9 Å². The van der Waals surface area contributed by atoms with Gasteiger partial charge < -0.3 is 19.5 Å². The lowest BCUT2D eigenvalue weighted by Gasteiger charge is -2.14. The summed E-state index contributed by atoms with van der Waals surface area (Å²) in [7, 11) is 0. The molecule has 0 bridgehead atoms. The predicted molar refractivity (Wildman–Crippen MR) is 165 cm³/mol. The largest absolute Gasteiger partial charge is 0.490 e. The van der Waals surface area contributed by atoms with Gasteiger partial charge in [-0.1, -0.05) is 78.9 Å². The van der Waals surface area contributed by atoms with Crippen LogP contribution in [0.1, 0.15) is 23.6 Å². The second kappa shape index (κ2) is 13.7. The van der Waals surface area contributed by atoms with Gasteiger partial charge in [-0.2, -0.15) is 5.26 Å². The minimum atomic E-state index is -0.510. The first-order valence-electron chi connectivity index (χ1n) is 13.7. The first-order chi connectivity index (χ1) is 20.6. The summed E-state index contributed by atoms with van der Waals surface area (Å²) in [6.07, 6.45) is 1.53. The van der Waals surface area contributed by atoms with Crippen molar-refractivity contribution in [2.24, 2.45) is 0 Å². The quantitative estimate of drug-likeness (QED) is 0.132. The predicted octanol–water partition coefficient (Wildman–Crippen LogP) is 7.94. The second-order valence-electron chi connectivity index (χ2n) is 9.49. The summed E-state index contributed by atoms with van der Waals surface area (Å²) in [6, 6.07) is 38.6. The zero-order valence-corrected chi connectivity index (χ0v) is 23.2. The van der Waals surface area contributed by atoms with E-state index in [1.54, 1.807) is 42.5 Å². The van der Waals surface area contributed by atoms with Crippen LogP contribution in [0.3, 0.4) is 0 Å². The van der Waals surface area contributed by atoms with Gasteiger partial charge in [-0.15, -0.1) is 0 Å². The second-order valence-corrected chi connectivity index (χ2v) is 9.49. The van der Waals surface area contributed by atoms with E-state index in [2.05, 4.69) is 23.5 Å². The summed E-state index contributed by atoms with van der Waals surface area (Å²) >= 11 is 0. The summed E-state index contributed by atoms with van der Waals surface area (Å²) in [5, 5.41) is 14.8. The molecule has 0 atom stereocenters. The zero-order valence-electron chi connectivity index (χ0n) is 23.2. The third-order valence-corrected chi connectivity index (χ3v) is 6.57. The Labute approximate surface area is 245 Å². The Morgan fingerprint density at radius 3 is 2.33 bits per heavy atom. The normalized spacial score (nSPS) is 11.0. The molecule has 0 unspecified atom stereocenters. The molecular formula is C36H30N2O4. The van der Waals surface area contributed by atoms with Crippen LogP contribution >= 0.6 is 0 Å². The molecule has 5 aromatic rings. The lowest BCUT2D eigenvalue weighted by Crippen LogP contribution is -2.13. The van der Waals surface area contributed by atoms with Crippen LogP contribution < -0.4 is 19.5 Å². The number of nitrogens with one attached hydrogen (secondary N) is 1. The molecule has 208 valence electrons. The van der Waals surface area contributed by atoms with Crippen molar-refractivity contribution in [3.05, 3.63) is 138 Å². The van der Waals surface area contributed by atoms with Gasteiger partial charge in [0, 0.05) is 5.69 Å². The molecule has 1 amide bonds. The molecule has 5 rings (SSSR count). The molecule has 5 aromatic carbocycles. The van der Waals surface area contributed by atoms with Crippen molar-refractivity contribution in [3.63, 3.8) is 0 Å². The molecule has 1 N–H and O–H groups in total. The number of anilines is 1.